The fraction of sp³-hybridized carbons (Fsp3) is 0.125. The highest BCUT2D eigenvalue weighted by Gasteiger charge is 2.17. The molecule has 6 heteroatoms. The molecule has 3 aromatic carbocycles. The lowest BCUT2D eigenvalue weighted by atomic mass is 10.0. The van der Waals surface area contributed by atoms with E-state index in [1.807, 2.05) is 42.5 Å². The molecule has 1 amide bonds. The number of anilines is 1. The molecule has 30 heavy (non-hydrogen) atoms. The molecule has 0 spiro atoms. The van der Waals surface area contributed by atoms with Gasteiger partial charge < -0.3 is 4.42 Å². The van der Waals surface area contributed by atoms with Crippen molar-refractivity contribution in [3.63, 3.8) is 0 Å². The monoisotopic (exact) mass is 414 g/mol. The lowest BCUT2D eigenvalue weighted by Gasteiger charge is -2.05. The molecular formula is C24H18N2O3S. The van der Waals surface area contributed by atoms with Gasteiger partial charge in [-0.1, -0.05) is 61.6 Å². The van der Waals surface area contributed by atoms with Gasteiger partial charge in [-0.3, -0.25) is 10.1 Å². The van der Waals surface area contributed by atoms with E-state index in [9.17, 15) is 9.59 Å². The summed E-state index contributed by atoms with van der Waals surface area (Å²) in [5.74, 6) is -0.117. The number of hydrogen-bond donors (Lipinski definition) is 1. The Balaban J connectivity index is 1.54. The van der Waals surface area contributed by atoms with Crippen LogP contribution in [0.3, 0.4) is 0 Å². The Bertz CT molecular complexity index is 1500. The Labute approximate surface area is 176 Å². The second-order valence-electron chi connectivity index (χ2n) is 7.50. The van der Waals surface area contributed by atoms with Crippen LogP contribution in [-0.4, -0.2) is 10.9 Å². The first-order valence-corrected chi connectivity index (χ1v) is 10.5. The number of carbonyl (C=O) groups is 1. The van der Waals surface area contributed by atoms with Gasteiger partial charge in [-0.05, 0) is 46.5 Å². The highest BCUT2D eigenvalue weighted by molar-refractivity contribution is 7.22. The van der Waals surface area contributed by atoms with E-state index in [2.05, 4.69) is 30.2 Å². The van der Waals surface area contributed by atoms with Crippen LogP contribution in [0.15, 0.2) is 69.9 Å². The Morgan fingerprint density at radius 3 is 2.70 bits per heavy atom. The van der Waals surface area contributed by atoms with Gasteiger partial charge in [0.2, 0.25) is 0 Å². The molecule has 0 aliphatic heterocycles. The number of rotatable bonds is 3. The van der Waals surface area contributed by atoms with Crippen molar-refractivity contribution in [1.29, 1.82) is 0 Å². The number of carbonyl (C=O) groups excluding carboxylic acids is 1. The molecule has 1 N–H and O–H groups in total. The quantitative estimate of drug-likeness (QED) is 0.293. The molecule has 2 aromatic heterocycles. The minimum absolute atomic E-state index is 0.0408. The maximum atomic E-state index is 12.9. The predicted octanol–water partition coefficient (Wildman–Crippen LogP) is 5.93. The van der Waals surface area contributed by atoms with Gasteiger partial charge in [0.15, 0.2) is 5.13 Å². The van der Waals surface area contributed by atoms with Crippen molar-refractivity contribution in [1.82, 2.24) is 4.98 Å². The Morgan fingerprint density at radius 2 is 1.87 bits per heavy atom. The van der Waals surface area contributed by atoms with E-state index in [1.165, 1.54) is 16.9 Å². The highest BCUT2D eigenvalue weighted by Crippen LogP contribution is 2.30. The summed E-state index contributed by atoms with van der Waals surface area (Å²) >= 11 is 1.39. The normalized spacial score (nSPS) is 11.6. The van der Waals surface area contributed by atoms with Crippen molar-refractivity contribution in [2.24, 2.45) is 0 Å². The molecule has 5 nitrogen and oxygen atoms in total. The van der Waals surface area contributed by atoms with Crippen molar-refractivity contribution in [2.75, 3.05) is 5.32 Å². The van der Waals surface area contributed by atoms with Gasteiger partial charge in [0.05, 0.1) is 10.2 Å². The average Bonchev–Trinajstić information content (AvgIpc) is 3.14. The smallest absolute Gasteiger partial charge is 0.349 e. The van der Waals surface area contributed by atoms with E-state index in [-0.39, 0.29) is 5.56 Å². The molecule has 0 saturated carbocycles. The first-order valence-electron chi connectivity index (χ1n) is 9.67. The molecule has 148 valence electrons. The summed E-state index contributed by atoms with van der Waals surface area (Å²) < 4.78 is 6.42. The van der Waals surface area contributed by atoms with Crippen molar-refractivity contribution in [2.45, 2.75) is 19.8 Å². The first-order chi connectivity index (χ1) is 14.5. The van der Waals surface area contributed by atoms with Gasteiger partial charge in [0.1, 0.15) is 11.1 Å². The third-order valence-electron chi connectivity index (χ3n) is 5.19. The fourth-order valence-electron chi connectivity index (χ4n) is 3.55. The van der Waals surface area contributed by atoms with Crippen LogP contribution >= 0.6 is 11.3 Å². The van der Waals surface area contributed by atoms with Crippen molar-refractivity contribution < 1.29 is 9.21 Å². The average molecular weight is 414 g/mol. The summed E-state index contributed by atoms with van der Waals surface area (Å²) in [7, 11) is 0. The predicted molar refractivity (Wildman–Crippen MR) is 122 cm³/mol. The van der Waals surface area contributed by atoms with Crippen molar-refractivity contribution in [3.05, 3.63) is 82.2 Å². The Hall–Kier alpha value is -3.51. The molecule has 0 bridgehead atoms. The molecule has 0 aliphatic carbocycles. The van der Waals surface area contributed by atoms with Gasteiger partial charge in [0.25, 0.3) is 5.91 Å². The van der Waals surface area contributed by atoms with E-state index in [0.29, 0.717) is 16.6 Å². The molecule has 0 aliphatic rings. The summed E-state index contributed by atoms with van der Waals surface area (Å²) in [6.45, 7) is 4.27. The zero-order valence-corrected chi connectivity index (χ0v) is 17.2. The first kappa shape index (κ1) is 18.5. The van der Waals surface area contributed by atoms with Gasteiger partial charge >= 0.3 is 5.63 Å². The van der Waals surface area contributed by atoms with E-state index in [1.54, 1.807) is 12.1 Å². The summed E-state index contributed by atoms with van der Waals surface area (Å²) in [4.78, 5) is 29.8. The summed E-state index contributed by atoms with van der Waals surface area (Å²) in [6, 6.07) is 19.1. The van der Waals surface area contributed by atoms with Crippen LogP contribution < -0.4 is 10.9 Å². The lowest BCUT2D eigenvalue weighted by Crippen LogP contribution is -2.20. The number of benzene rings is 3. The summed E-state index contributed by atoms with van der Waals surface area (Å²) in [6.07, 6.45) is 0. The summed E-state index contributed by atoms with van der Waals surface area (Å²) in [5, 5.41) is 5.87. The third-order valence-corrected chi connectivity index (χ3v) is 6.12. The molecule has 5 rings (SSSR count). The zero-order chi connectivity index (χ0) is 20.8. The molecule has 0 fully saturated rings. The number of aromatic nitrogens is 1. The molecule has 2 heterocycles. The van der Waals surface area contributed by atoms with Crippen LogP contribution in [0.25, 0.3) is 32.0 Å². The van der Waals surface area contributed by atoms with Gasteiger partial charge in [0, 0.05) is 5.39 Å². The summed E-state index contributed by atoms with van der Waals surface area (Å²) in [5.41, 5.74) is 1.78. The lowest BCUT2D eigenvalue weighted by molar-refractivity contribution is 0.102. The third kappa shape index (κ3) is 3.15. The van der Waals surface area contributed by atoms with Gasteiger partial charge in [-0.25, -0.2) is 9.78 Å². The Kier molecular flexibility index (Phi) is 4.37. The second-order valence-corrected chi connectivity index (χ2v) is 8.53. The minimum atomic E-state index is -0.668. The second kappa shape index (κ2) is 7.07. The van der Waals surface area contributed by atoms with Crippen LogP contribution in [0, 0.1) is 0 Å². The molecule has 0 saturated heterocycles. The molecule has 0 unspecified atom stereocenters. The maximum Gasteiger partial charge on any atom is 0.349 e. The van der Waals surface area contributed by atoms with Gasteiger partial charge in [-0.2, -0.15) is 0 Å². The van der Waals surface area contributed by atoms with Crippen LogP contribution in [-0.2, 0) is 0 Å². The highest BCUT2D eigenvalue weighted by atomic mass is 32.1. The van der Waals surface area contributed by atoms with Crippen molar-refractivity contribution in [3.8, 4) is 0 Å². The van der Waals surface area contributed by atoms with Crippen LogP contribution in [0.4, 0.5) is 5.13 Å². The molecule has 5 aromatic rings. The topological polar surface area (TPSA) is 72.2 Å². The number of thiazole rings is 1. The molecule has 0 atom stereocenters. The van der Waals surface area contributed by atoms with Crippen molar-refractivity contribution >= 4 is 54.3 Å². The minimum Gasteiger partial charge on any atom is -0.422 e. The van der Waals surface area contributed by atoms with E-state index >= 15 is 0 Å². The molecular weight excluding hydrogens is 396 g/mol. The van der Waals surface area contributed by atoms with Gasteiger partial charge in [-0.15, -0.1) is 0 Å². The SMILES string of the molecule is CC(C)c1ccc2nc(NC(=O)c3cc4c(ccc5ccccc54)oc3=O)sc2c1. The standard InChI is InChI=1S/C24H18N2O3S/c1-13(2)15-7-9-19-21(11-15)30-24(25-19)26-22(27)18-12-17-16-6-4-3-5-14(16)8-10-20(17)29-23(18)28/h3-13H,1-2H3,(H,25,26,27). The van der Waals surface area contributed by atoms with Crippen LogP contribution in [0.5, 0.6) is 0 Å². The number of hydrogen-bond acceptors (Lipinski definition) is 5. The maximum absolute atomic E-state index is 12.9. The van der Waals surface area contributed by atoms with Crippen LogP contribution in [0.2, 0.25) is 0 Å². The number of nitrogens with one attached hydrogen (secondary N) is 1. The largest absolute Gasteiger partial charge is 0.422 e. The van der Waals surface area contributed by atoms with E-state index in [0.717, 1.165) is 26.4 Å². The Morgan fingerprint density at radius 1 is 1.03 bits per heavy atom. The zero-order valence-electron chi connectivity index (χ0n) is 16.4. The number of fused-ring (bicyclic) bond motifs is 4. The molecule has 0 radical (unpaired) electrons. The number of nitrogens with zero attached hydrogens (tertiary/aromatic N) is 1. The number of amides is 1. The van der Waals surface area contributed by atoms with E-state index in [4.69, 9.17) is 4.42 Å². The fourth-order valence-corrected chi connectivity index (χ4v) is 4.46. The van der Waals surface area contributed by atoms with Crippen LogP contribution in [0.1, 0.15) is 35.7 Å². The van der Waals surface area contributed by atoms with E-state index < -0.39 is 11.5 Å².